The van der Waals surface area contributed by atoms with E-state index in [9.17, 15) is 0 Å². The Hall–Kier alpha value is -0.860. The van der Waals surface area contributed by atoms with Gasteiger partial charge in [-0.2, -0.15) is 0 Å². The van der Waals surface area contributed by atoms with Crippen LogP contribution in [0.25, 0.3) is 0 Å². The van der Waals surface area contributed by atoms with Gasteiger partial charge in [-0.1, -0.05) is 30.3 Å². The number of hydrogen-bond acceptors (Lipinski definition) is 2. The summed E-state index contributed by atoms with van der Waals surface area (Å²) in [4.78, 5) is 2.32. The quantitative estimate of drug-likeness (QED) is 0.763. The van der Waals surface area contributed by atoms with Gasteiger partial charge in [0, 0.05) is 12.1 Å². The molecule has 0 spiro atoms. The van der Waals surface area contributed by atoms with Crippen molar-refractivity contribution in [2.75, 3.05) is 20.6 Å². The normalized spacial score (nSPS) is 27.1. The minimum Gasteiger partial charge on any atom is -0.309 e. The third-order valence-electron chi connectivity index (χ3n) is 3.01. The second-order valence-corrected chi connectivity index (χ2v) is 4.16. The summed E-state index contributed by atoms with van der Waals surface area (Å²) in [6.07, 6.45) is 1.24. The lowest BCUT2D eigenvalue weighted by atomic mass is 10.0. The van der Waals surface area contributed by atoms with E-state index in [2.05, 4.69) is 54.6 Å². The smallest absolute Gasteiger partial charge is 0.0478 e. The van der Waals surface area contributed by atoms with Gasteiger partial charge in [-0.15, -0.1) is 0 Å². The number of benzene rings is 1. The van der Waals surface area contributed by atoms with E-state index >= 15 is 0 Å². The molecule has 1 aliphatic rings. The molecule has 2 nitrogen and oxygen atoms in total. The van der Waals surface area contributed by atoms with Crippen LogP contribution in [0.5, 0.6) is 0 Å². The highest BCUT2D eigenvalue weighted by Gasteiger charge is 2.29. The monoisotopic (exact) mass is 190 g/mol. The fraction of sp³-hybridized carbons (Fsp3) is 0.500. The number of rotatable bonds is 2. The molecule has 0 radical (unpaired) electrons. The van der Waals surface area contributed by atoms with E-state index in [-0.39, 0.29) is 0 Å². The van der Waals surface area contributed by atoms with E-state index in [1.54, 1.807) is 0 Å². The largest absolute Gasteiger partial charge is 0.309 e. The maximum Gasteiger partial charge on any atom is 0.0478 e. The topological polar surface area (TPSA) is 15.3 Å². The average Bonchev–Trinajstić information content (AvgIpc) is 2.67. The summed E-state index contributed by atoms with van der Waals surface area (Å²) in [5.41, 5.74) is 1.41. The van der Waals surface area contributed by atoms with Gasteiger partial charge in [0.1, 0.15) is 0 Å². The highest BCUT2D eigenvalue weighted by molar-refractivity contribution is 5.21. The van der Waals surface area contributed by atoms with Crippen molar-refractivity contribution in [3.05, 3.63) is 35.9 Å². The first-order chi connectivity index (χ1) is 6.79. The molecule has 0 amide bonds. The molecule has 1 aromatic carbocycles. The SMILES string of the molecule is CN(C)C1CCNC1c1ccccc1. The maximum atomic E-state index is 3.56. The van der Waals surface area contributed by atoms with Crippen LogP contribution >= 0.6 is 0 Å². The highest BCUT2D eigenvalue weighted by atomic mass is 15.2. The van der Waals surface area contributed by atoms with Gasteiger partial charge >= 0.3 is 0 Å². The third-order valence-corrected chi connectivity index (χ3v) is 3.01. The molecule has 1 fully saturated rings. The molecule has 0 bridgehead atoms. The third kappa shape index (κ3) is 1.81. The molecule has 0 saturated carbocycles. The summed E-state index contributed by atoms with van der Waals surface area (Å²) < 4.78 is 0. The van der Waals surface area contributed by atoms with Crippen molar-refractivity contribution in [3.8, 4) is 0 Å². The Bertz CT molecular complexity index is 282. The number of likely N-dealkylation sites (N-methyl/N-ethyl adjacent to an activating group) is 1. The summed E-state index contributed by atoms with van der Waals surface area (Å²) in [6, 6.07) is 11.9. The van der Waals surface area contributed by atoms with Crippen LogP contribution in [0.1, 0.15) is 18.0 Å². The predicted octanol–water partition coefficient (Wildman–Crippen LogP) is 1.65. The molecule has 2 atom stereocenters. The zero-order chi connectivity index (χ0) is 9.97. The first kappa shape index (κ1) is 9.69. The van der Waals surface area contributed by atoms with Crippen LogP contribution in [-0.4, -0.2) is 31.6 Å². The summed E-state index contributed by atoms with van der Waals surface area (Å²) in [7, 11) is 4.32. The van der Waals surface area contributed by atoms with Crippen molar-refractivity contribution in [3.63, 3.8) is 0 Å². The Morgan fingerprint density at radius 1 is 1.21 bits per heavy atom. The molecular formula is C12H18N2. The minimum absolute atomic E-state index is 0.506. The number of hydrogen-bond donors (Lipinski definition) is 1. The van der Waals surface area contributed by atoms with Crippen LogP contribution in [0.4, 0.5) is 0 Å². The molecule has 2 unspecified atom stereocenters. The van der Waals surface area contributed by atoms with E-state index < -0.39 is 0 Å². The fourth-order valence-corrected chi connectivity index (χ4v) is 2.25. The molecule has 1 heterocycles. The van der Waals surface area contributed by atoms with Gasteiger partial charge in [0.2, 0.25) is 0 Å². The van der Waals surface area contributed by atoms with Crippen molar-refractivity contribution in [2.45, 2.75) is 18.5 Å². The van der Waals surface area contributed by atoms with Gasteiger partial charge in [-0.3, -0.25) is 0 Å². The summed E-state index contributed by atoms with van der Waals surface area (Å²) in [5.74, 6) is 0. The van der Waals surface area contributed by atoms with Crippen molar-refractivity contribution in [1.82, 2.24) is 10.2 Å². The molecular weight excluding hydrogens is 172 g/mol. The van der Waals surface area contributed by atoms with E-state index in [0.29, 0.717) is 12.1 Å². The lowest BCUT2D eigenvalue weighted by Crippen LogP contribution is -2.33. The fourth-order valence-electron chi connectivity index (χ4n) is 2.25. The van der Waals surface area contributed by atoms with Crippen molar-refractivity contribution >= 4 is 0 Å². The van der Waals surface area contributed by atoms with E-state index in [4.69, 9.17) is 0 Å². The highest BCUT2D eigenvalue weighted by Crippen LogP contribution is 2.26. The van der Waals surface area contributed by atoms with Crippen molar-refractivity contribution in [2.24, 2.45) is 0 Å². The molecule has 0 aliphatic carbocycles. The number of nitrogens with zero attached hydrogens (tertiary/aromatic N) is 1. The van der Waals surface area contributed by atoms with Crippen LogP contribution in [0.2, 0.25) is 0 Å². The predicted molar refractivity (Wildman–Crippen MR) is 59.3 cm³/mol. The Morgan fingerprint density at radius 2 is 1.93 bits per heavy atom. The lowest BCUT2D eigenvalue weighted by Gasteiger charge is -2.26. The number of nitrogens with one attached hydrogen (secondary N) is 1. The second kappa shape index (κ2) is 4.11. The molecule has 14 heavy (non-hydrogen) atoms. The van der Waals surface area contributed by atoms with Crippen molar-refractivity contribution in [1.29, 1.82) is 0 Å². The standard InChI is InChI=1S/C12H18N2/c1-14(2)11-8-9-13-12(11)10-6-4-3-5-7-10/h3-7,11-13H,8-9H2,1-2H3. The summed E-state index contributed by atoms with van der Waals surface area (Å²) >= 11 is 0. The molecule has 1 aliphatic heterocycles. The molecule has 1 aromatic rings. The summed E-state index contributed by atoms with van der Waals surface area (Å²) in [6.45, 7) is 1.13. The zero-order valence-electron chi connectivity index (χ0n) is 8.90. The first-order valence-electron chi connectivity index (χ1n) is 5.24. The van der Waals surface area contributed by atoms with Gasteiger partial charge in [0.15, 0.2) is 0 Å². The molecule has 1 saturated heterocycles. The van der Waals surface area contributed by atoms with Crippen LogP contribution in [0.15, 0.2) is 30.3 Å². The first-order valence-corrected chi connectivity index (χ1v) is 5.24. The zero-order valence-corrected chi connectivity index (χ0v) is 8.90. The van der Waals surface area contributed by atoms with Gasteiger partial charge in [0.05, 0.1) is 0 Å². The maximum absolute atomic E-state index is 3.56. The second-order valence-electron chi connectivity index (χ2n) is 4.16. The Balaban J connectivity index is 2.18. The summed E-state index contributed by atoms with van der Waals surface area (Å²) in [5, 5.41) is 3.56. The van der Waals surface area contributed by atoms with E-state index in [1.165, 1.54) is 12.0 Å². The van der Waals surface area contributed by atoms with Crippen molar-refractivity contribution < 1.29 is 0 Å². The molecule has 1 N–H and O–H groups in total. The molecule has 2 rings (SSSR count). The van der Waals surface area contributed by atoms with E-state index in [1.807, 2.05) is 0 Å². The van der Waals surface area contributed by atoms with Gasteiger partial charge in [0.25, 0.3) is 0 Å². The molecule has 76 valence electrons. The Morgan fingerprint density at radius 3 is 2.57 bits per heavy atom. The molecule has 0 aromatic heterocycles. The Kier molecular flexibility index (Phi) is 2.85. The van der Waals surface area contributed by atoms with Crippen LogP contribution in [-0.2, 0) is 0 Å². The lowest BCUT2D eigenvalue weighted by molar-refractivity contribution is 0.270. The van der Waals surface area contributed by atoms with Crippen LogP contribution in [0.3, 0.4) is 0 Å². The van der Waals surface area contributed by atoms with E-state index in [0.717, 1.165) is 6.54 Å². The van der Waals surface area contributed by atoms with Gasteiger partial charge in [-0.05, 0) is 32.6 Å². The van der Waals surface area contributed by atoms with Crippen LogP contribution < -0.4 is 5.32 Å². The van der Waals surface area contributed by atoms with Crippen LogP contribution in [0, 0.1) is 0 Å². The van der Waals surface area contributed by atoms with Gasteiger partial charge in [-0.25, -0.2) is 0 Å². The minimum atomic E-state index is 0.506. The van der Waals surface area contributed by atoms with Gasteiger partial charge < -0.3 is 10.2 Å². The molecule has 2 heteroatoms. The average molecular weight is 190 g/mol. The Labute approximate surface area is 85.9 Å².